The first-order valence-corrected chi connectivity index (χ1v) is 4.88. The van der Waals surface area contributed by atoms with Crippen LogP contribution < -0.4 is 0 Å². The molecule has 0 amide bonds. The molecule has 0 aliphatic rings. The molecule has 0 aliphatic heterocycles. The van der Waals surface area contributed by atoms with Crippen LogP contribution in [-0.2, 0) is 0 Å². The average Bonchev–Trinajstić information content (AvgIpc) is 2.21. The first-order chi connectivity index (χ1) is 10.4. The molecule has 0 radical (unpaired) electrons. The van der Waals surface area contributed by atoms with E-state index in [-0.39, 0.29) is 0 Å². The fraction of sp³-hybridized carbons (Fsp3) is 1.00. The van der Waals surface area contributed by atoms with Gasteiger partial charge in [-0.1, -0.05) is 4.90 Å². The van der Waals surface area contributed by atoms with Gasteiger partial charge in [-0.3, -0.25) is 0 Å². The van der Waals surface area contributed by atoms with E-state index in [9.17, 15) is 74.6 Å². The SMILES string of the molecule is FC(F)(F)C(F)(F)N(C(F)(F)C(F)(F)F)C(F)(F)C(F)(F)C(F)(F)F. The highest BCUT2D eigenvalue weighted by Crippen LogP contribution is 2.58. The Labute approximate surface area is 124 Å². The van der Waals surface area contributed by atoms with Crippen LogP contribution in [0.15, 0.2) is 0 Å². The molecule has 18 heteroatoms. The molecule has 0 rings (SSSR count). The van der Waals surface area contributed by atoms with Crippen molar-refractivity contribution in [2.45, 2.75) is 42.6 Å². The number of hydrogen-bond acceptors (Lipinski definition) is 1. The molecule has 0 unspecified atom stereocenters. The highest BCUT2D eigenvalue weighted by molar-refractivity contribution is 5.00. The summed E-state index contributed by atoms with van der Waals surface area (Å²) < 4.78 is 208. The van der Waals surface area contributed by atoms with Crippen LogP contribution in [0.25, 0.3) is 0 Å². The molecule has 0 atom stereocenters. The van der Waals surface area contributed by atoms with Crippen molar-refractivity contribution in [1.82, 2.24) is 4.90 Å². The Bertz CT molecular complexity index is 451. The lowest BCUT2D eigenvalue weighted by atomic mass is 10.2. The third kappa shape index (κ3) is 3.53. The second-order valence-corrected chi connectivity index (χ2v) is 4.03. The number of halogens is 17. The van der Waals surface area contributed by atoms with Crippen molar-refractivity contribution < 1.29 is 74.6 Å². The van der Waals surface area contributed by atoms with E-state index in [0.29, 0.717) is 0 Å². The van der Waals surface area contributed by atoms with Crippen molar-refractivity contribution >= 4 is 0 Å². The summed E-state index contributed by atoms with van der Waals surface area (Å²) >= 11 is 0. The minimum atomic E-state index is -8.39. The Kier molecular flexibility index (Phi) is 5.36. The molecular weight excluding hydrogens is 421 g/mol. The summed E-state index contributed by atoms with van der Waals surface area (Å²) in [7, 11) is 0. The predicted octanol–water partition coefficient (Wildman–Crippen LogP) is 5.39. The predicted molar refractivity (Wildman–Crippen MR) is 39.8 cm³/mol. The standard InChI is InChI=1S/C7F17N/c8-1(9,2(10,11)12)5(19,20)25(6(21,22)3(13,14)15)7(23,24)4(16,17)18. The van der Waals surface area contributed by atoms with Crippen LogP contribution in [-0.4, -0.2) is 47.5 Å². The van der Waals surface area contributed by atoms with Gasteiger partial charge in [0.05, 0.1) is 0 Å². The lowest BCUT2D eigenvalue weighted by Gasteiger charge is -2.44. The minimum absolute atomic E-state index is 4.86. The summed E-state index contributed by atoms with van der Waals surface area (Å²) in [5, 5.41) is 0. The van der Waals surface area contributed by atoms with Gasteiger partial charge in [-0.2, -0.15) is 74.6 Å². The van der Waals surface area contributed by atoms with Crippen molar-refractivity contribution in [3.63, 3.8) is 0 Å². The molecule has 0 bridgehead atoms. The summed E-state index contributed by atoms with van der Waals surface area (Å²) in [4.78, 5) is -4.86. The normalized spacial score (nSPS) is 16.6. The van der Waals surface area contributed by atoms with E-state index in [1.807, 2.05) is 0 Å². The molecule has 0 aromatic carbocycles. The van der Waals surface area contributed by atoms with Gasteiger partial charge in [0.1, 0.15) is 0 Å². The van der Waals surface area contributed by atoms with Crippen LogP contribution in [0.3, 0.4) is 0 Å². The molecule has 25 heavy (non-hydrogen) atoms. The Morgan fingerprint density at radius 3 is 0.720 bits per heavy atom. The van der Waals surface area contributed by atoms with Gasteiger partial charge in [-0.15, -0.1) is 0 Å². The first kappa shape index (κ1) is 23.8. The zero-order chi connectivity index (χ0) is 21.1. The second-order valence-electron chi connectivity index (χ2n) is 4.03. The minimum Gasteiger partial charge on any atom is -0.187 e. The van der Waals surface area contributed by atoms with E-state index in [4.69, 9.17) is 0 Å². The van der Waals surface area contributed by atoms with E-state index in [0.717, 1.165) is 0 Å². The Balaban J connectivity index is 6.87. The van der Waals surface area contributed by atoms with Gasteiger partial charge in [0.2, 0.25) is 0 Å². The maximum atomic E-state index is 12.9. The number of nitrogens with zero attached hydrogens (tertiary/aromatic N) is 1. The molecule has 0 aromatic heterocycles. The maximum absolute atomic E-state index is 12.9. The van der Waals surface area contributed by atoms with Crippen molar-refractivity contribution in [1.29, 1.82) is 0 Å². The zero-order valence-corrected chi connectivity index (χ0v) is 10.4. The van der Waals surface area contributed by atoms with Crippen molar-refractivity contribution in [3.05, 3.63) is 0 Å². The summed E-state index contributed by atoms with van der Waals surface area (Å²) in [5.74, 6) is -8.16. The Morgan fingerprint density at radius 2 is 0.560 bits per heavy atom. The molecule has 0 N–H and O–H groups in total. The average molecular weight is 421 g/mol. The molecule has 0 saturated heterocycles. The van der Waals surface area contributed by atoms with Crippen LogP contribution in [0, 0.1) is 0 Å². The summed E-state index contributed by atoms with van der Waals surface area (Å²) in [6.45, 7) is 0. The van der Waals surface area contributed by atoms with Gasteiger partial charge >= 0.3 is 42.6 Å². The molecule has 0 aromatic rings. The lowest BCUT2D eigenvalue weighted by molar-refractivity contribution is -0.512. The van der Waals surface area contributed by atoms with E-state index in [2.05, 4.69) is 0 Å². The number of rotatable bonds is 4. The van der Waals surface area contributed by atoms with Gasteiger partial charge < -0.3 is 0 Å². The Morgan fingerprint density at radius 1 is 0.320 bits per heavy atom. The summed E-state index contributed by atoms with van der Waals surface area (Å²) in [6.07, 6.45) is -23.4. The van der Waals surface area contributed by atoms with E-state index >= 15 is 0 Å². The number of alkyl halides is 17. The smallest absolute Gasteiger partial charge is 0.187 e. The second kappa shape index (κ2) is 5.63. The molecule has 0 fully saturated rings. The van der Waals surface area contributed by atoms with Crippen LogP contribution >= 0.6 is 0 Å². The van der Waals surface area contributed by atoms with E-state index < -0.39 is 47.5 Å². The fourth-order valence-corrected chi connectivity index (χ4v) is 1.09. The molecule has 0 heterocycles. The van der Waals surface area contributed by atoms with Crippen LogP contribution in [0.2, 0.25) is 0 Å². The largest absolute Gasteiger partial charge is 0.469 e. The molecule has 152 valence electrons. The quantitative estimate of drug-likeness (QED) is 0.435. The Hall–Kier alpha value is -1.23. The molecular formula is C7F17N. The van der Waals surface area contributed by atoms with Gasteiger partial charge in [0.25, 0.3) is 0 Å². The van der Waals surface area contributed by atoms with Crippen LogP contribution in [0.4, 0.5) is 74.6 Å². The van der Waals surface area contributed by atoms with Gasteiger partial charge in [0, 0.05) is 0 Å². The van der Waals surface area contributed by atoms with Gasteiger partial charge in [-0.25, -0.2) is 0 Å². The fourth-order valence-electron chi connectivity index (χ4n) is 1.09. The van der Waals surface area contributed by atoms with Gasteiger partial charge in [-0.05, 0) is 0 Å². The summed E-state index contributed by atoms with van der Waals surface area (Å²) in [6, 6.07) is -24.7. The zero-order valence-electron chi connectivity index (χ0n) is 10.4. The van der Waals surface area contributed by atoms with Crippen LogP contribution in [0.5, 0.6) is 0 Å². The molecule has 0 aliphatic carbocycles. The van der Waals surface area contributed by atoms with E-state index in [1.165, 1.54) is 0 Å². The third-order valence-corrected chi connectivity index (χ3v) is 2.26. The lowest BCUT2D eigenvalue weighted by Crippen LogP contribution is -2.75. The topological polar surface area (TPSA) is 3.24 Å². The van der Waals surface area contributed by atoms with Crippen molar-refractivity contribution in [2.75, 3.05) is 0 Å². The highest BCUT2D eigenvalue weighted by atomic mass is 19.4. The van der Waals surface area contributed by atoms with E-state index in [1.54, 1.807) is 0 Å². The van der Waals surface area contributed by atoms with Crippen molar-refractivity contribution in [3.8, 4) is 0 Å². The van der Waals surface area contributed by atoms with Gasteiger partial charge in [0.15, 0.2) is 0 Å². The maximum Gasteiger partial charge on any atom is 0.469 e. The van der Waals surface area contributed by atoms with Crippen LogP contribution in [0.1, 0.15) is 0 Å². The first-order valence-electron chi connectivity index (χ1n) is 4.88. The van der Waals surface area contributed by atoms with Crippen molar-refractivity contribution in [2.24, 2.45) is 0 Å². The monoisotopic (exact) mass is 421 g/mol. The molecule has 0 saturated carbocycles. The molecule has 0 spiro atoms. The third-order valence-electron chi connectivity index (χ3n) is 2.26. The number of hydrogen-bond donors (Lipinski definition) is 0. The highest BCUT2D eigenvalue weighted by Gasteiger charge is 2.88. The molecule has 1 nitrogen and oxygen atoms in total. The summed E-state index contributed by atoms with van der Waals surface area (Å²) in [5.41, 5.74) is 0.